The topological polar surface area (TPSA) is 67.5 Å². The fourth-order valence-corrected chi connectivity index (χ4v) is 4.91. The molecule has 0 unspecified atom stereocenters. The molecule has 1 N–H and O–H groups in total. The number of fused-ring (bicyclic) bond motifs is 2. The number of hydrogen-bond donors (Lipinski definition) is 1. The van der Waals surface area contributed by atoms with Crippen molar-refractivity contribution in [2.45, 2.75) is 32.8 Å². The van der Waals surface area contributed by atoms with Crippen LogP contribution in [0.3, 0.4) is 0 Å². The molecule has 1 aliphatic carbocycles. The molecule has 3 aromatic rings. The van der Waals surface area contributed by atoms with Gasteiger partial charge in [0, 0.05) is 41.8 Å². The van der Waals surface area contributed by atoms with E-state index in [4.69, 9.17) is 9.47 Å². The first kappa shape index (κ1) is 21.5. The monoisotopic (exact) mass is 449 g/mol. The van der Waals surface area contributed by atoms with Gasteiger partial charge in [0.2, 0.25) is 0 Å². The molecule has 0 bridgehead atoms. The van der Waals surface area contributed by atoms with Crippen molar-refractivity contribution in [3.63, 3.8) is 0 Å². The van der Waals surface area contributed by atoms with E-state index in [0.717, 1.165) is 28.7 Å². The lowest BCUT2D eigenvalue weighted by molar-refractivity contribution is 0.0285. The first-order valence-corrected chi connectivity index (χ1v) is 11.2. The number of hydrogen-bond acceptors (Lipinski definition) is 4. The molecule has 0 saturated carbocycles. The molecule has 2 aromatic heterocycles. The number of methoxy groups -OCH3 is 1. The smallest absolute Gasteiger partial charge is 0.410 e. The summed E-state index contributed by atoms with van der Waals surface area (Å²) in [6.07, 6.45) is 4.63. The van der Waals surface area contributed by atoms with E-state index in [9.17, 15) is 9.18 Å². The second-order valence-corrected chi connectivity index (χ2v) is 9.85. The number of nitrogens with one attached hydrogen (secondary N) is 1. The lowest BCUT2D eigenvalue weighted by Gasteiger charge is -2.24. The number of nitrogens with zero attached hydrogens (tertiary/aromatic N) is 2. The van der Waals surface area contributed by atoms with Crippen LogP contribution in [0.5, 0.6) is 5.75 Å². The first-order chi connectivity index (χ1) is 15.7. The quantitative estimate of drug-likeness (QED) is 0.561. The van der Waals surface area contributed by atoms with Crippen LogP contribution in [0.15, 0.2) is 42.6 Å². The van der Waals surface area contributed by atoms with E-state index in [1.165, 1.54) is 17.7 Å². The summed E-state index contributed by atoms with van der Waals surface area (Å²) < 4.78 is 25.0. The third-order valence-corrected chi connectivity index (χ3v) is 6.37. The number of H-pyrrole nitrogens is 1. The molecule has 3 heterocycles. The highest BCUT2D eigenvalue weighted by atomic mass is 19.1. The highest BCUT2D eigenvalue weighted by Gasteiger charge is 2.40. The van der Waals surface area contributed by atoms with Crippen molar-refractivity contribution in [2.75, 3.05) is 20.2 Å². The Bertz CT molecular complexity index is 1260. The van der Waals surface area contributed by atoms with Gasteiger partial charge in [-0.05, 0) is 74.6 Å². The van der Waals surface area contributed by atoms with Gasteiger partial charge in [-0.15, -0.1) is 0 Å². The van der Waals surface area contributed by atoms with Crippen LogP contribution >= 0.6 is 0 Å². The summed E-state index contributed by atoms with van der Waals surface area (Å²) >= 11 is 0. The maximum Gasteiger partial charge on any atom is 0.410 e. The second-order valence-electron chi connectivity index (χ2n) is 9.85. The van der Waals surface area contributed by atoms with E-state index >= 15 is 0 Å². The molecule has 6 nitrogen and oxygen atoms in total. The lowest BCUT2D eigenvalue weighted by Crippen LogP contribution is -2.35. The zero-order valence-electron chi connectivity index (χ0n) is 19.3. The van der Waals surface area contributed by atoms with Crippen LogP contribution in [0.2, 0.25) is 0 Å². The molecule has 0 radical (unpaired) electrons. The van der Waals surface area contributed by atoms with Gasteiger partial charge in [-0.1, -0.05) is 6.08 Å². The molecule has 7 heteroatoms. The van der Waals surface area contributed by atoms with Crippen LogP contribution in [0.4, 0.5) is 9.18 Å². The van der Waals surface area contributed by atoms with Gasteiger partial charge in [-0.2, -0.15) is 0 Å². The fourth-order valence-electron chi connectivity index (χ4n) is 4.91. The van der Waals surface area contributed by atoms with Crippen molar-refractivity contribution in [3.8, 4) is 16.9 Å². The molecule has 1 saturated heterocycles. The van der Waals surface area contributed by atoms with Crippen molar-refractivity contribution in [2.24, 2.45) is 11.8 Å². The van der Waals surface area contributed by atoms with Crippen LogP contribution in [0, 0.1) is 17.7 Å². The van der Waals surface area contributed by atoms with Crippen molar-refractivity contribution in [3.05, 3.63) is 54.1 Å². The summed E-state index contributed by atoms with van der Waals surface area (Å²) in [7, 11) is 1.58. The van der Waals surface area contributed by atoms with Crippen molar-refractivity contribution < 1.29 is 18.7 Å². The Morgan fingerprint density at radius 2 is 2.00 bits per heavy atom. The van der Waals surface area contributed by atoms with Gasteiger partial charge in [0.05, 0.1) is 7.11 Å². The van der Waals surface area contributed by atoms with Crippen LogP contribution in [-0.2, 0) is 4.74 Å². The lowest BCUT2D eigenvalue weighted by atomic mass is 9.99. The fraction of sp³-hybridized carbons (Fsp3) is 0.385. The van der Waals surface area contributed by atoms with Crippen LogP contribution < -0.4 is 4.74 Å². The number of aromatic amines is 1. The predicted molar refractivity (Wildman–Crippen MR) is 125 cm³/mol. The molecule has 33 heavy (non-hydrogen) atoms. The Hall–Kier alpha value is -3.35. The number of amides is 1. The van der Waals surface area contributed by atoms with Gasteiger partial charge in [0.15, 0.2) is 0 Å². The number of benzene rings is 1. The van der Waals surface area contributed by atoms with Gasteiger partial charge < -0.3 is 19.4 Å². The predicted octanol–water partition coefficient (Wildman–Crippen LogP) is 5.65. The molecule has 0 spiro atoms. The SMILES string of the molecule is COc1ccc(F)cc1-c1ccnc2[nH]c(C3=C[C@@H]4CN(C(=O)OC(C)(C)C)C[C@@H]4C3)cc12. The van der Waals surface area contributed by atoms with Gasteiger partial charge in [-0.3, -0.25) is 0 Å². The number of carbonyl (C=O) groups is 1. The first-order valence-electron chi connectivity index (χ1n) is 11.2. The molecule has 2 atom stereocenters. The normalized spacial score (nSPS) is 20.2. The molecule has 1 aliphatic heterocycles. The minimum absolute atomic E-state index is 0.240. The zero-order valence-corrected chi connectivity index (χ0v) is 19.3. The van der Waals surface area contributed by atoms with E-state index in [1.807, 2.05) is 31.7 Å². The molecule has 1 amide bonds. The van der Waals surface area contributed by atoms with Gasteiger partial charge in [-0.25, -0.2) is 14.2 Å². The maximum atomic E-state index is 14.0. The number of pyridine rings is 1. The molecular weight excluding hydrogens is 421 g/mol. The highest BCUT2D eigenvalue weighted by molar-refractivity contribution is 5.96. The minimum Gasteiger partial charge on any atom is -0.496 e. The minimum atomic E-state index is -0.491. The van der Waals surface area contributed by atoms with Crippen LogP contribution in [0.1, 0.15) is 32.9 Å². The average molecular weight is 450 g/mol. The molecule has 2 aliphatic rings. The summed E-state index contributed by atoms with van der Waals surface area (Å²) in [6.45, 7) is 7.03. The van der Waals surface area contributed by atoms with Crippen LogP contribution in [0.25, 0.3) is 27.7 Å². The van der Waals surface area contributed by atoms with E-state index in [1.54, 1.807) is 19.4 Å². The van der Waals surface area contributed by atoms with Crippen LogP contribution in [-0.4, -0.2) is 46.8 Å². The van der Waals surface area contributed by atoms with Gasteiger partial charge in [0.25, 0.3) is 0 Å². The van der Waals surface area contributed by atoms with Crippen molar-refractivity contribution in [1.29, 1.82) is 0 Å². The van der Waals surface area contributed by atoms with E-state index in [-0.39, 0.29) is 11.9 Å². The summed E-state index contributed by atoms with van der Waals surface area (Å²) in [6, 6.07) is 8.49. The number of ether oxygens (including phenoxy) is 2. The second kappa shape index (κ2) is 7.90. The summed E-state index contributed by atoms with van der Waals surface area (Å²) in [5, 5.41) is 0.921. The Morgan fingerprint density at radius 1 is 1.18 bits per heavy atom. The average Bonchev–Trinajstić information content (AvgIpc) is 3.44. The van der Waals surface area contributed by atoms with Gasteiger partial charge in [0.1, 0.15) is 22.8 Å². The summed E-state index contributed by atoms with van der Waals surface area (Å²) in [5.41, 5.74) is 4.06. The van der Waals surface area contributed by atoms with Gasteiger partial charge >= 0.3 is 6.09 Å². The number of carbonyl (C=O) groups excluding carboxylic acids is 1. The Labute approximate surface area is 192 Å². The van der Waals surface area contributed by atoms with E-state index < -0.39 is 5.60 Å². The molecule has 1 fully saturated rings. The molecular formula is C26H28FN3O3. The number of aromatic nitrogens is 2. The van der Waals surface area contributed by atoms with Crippen molar-refractivity contribution in [1.82, 2.24) is 14.9 Å². The van der Waals surface area contributed by atoms with E-state index in [0.29, 0.717) is 36.2 Å². The molecule has 1 aromatic carbocycles. The zero-order chi connectivity index (χ0) is 23.3. The largest absolute Gasteiger partial charge is 0.496 e. The molecule has 5 rings (SSSR count). The number of likely N-dealkylation sites (tertiary alicyclic amines) is 1. The summed E-state index contributed by atoms with van der Waals surface area (Å²) in [5.74, 6) is 1.00. The maximum absolute atomic E-state index is 14.0. The number of allylic oxidation sites excluding steroid dienone is 1. The third-order valence-electron chi connectivity index (χ3n) is 6.37. The van der Waals surface area contributed by atoms with E-state index in [2.05, 4.69) is 22.1 Å². The standard InChI is InChI=1S/C26H28FN3O3/c1-26(2,3)33-25(31)30-13-16-9-15(10-17(16)14-30)22-12-21-19(7-8-28-24(21)29-22)20-11-18(27)5-6-23(20)32-4/h5-9,11-12,16-17H,10,13-14H2,1-4H3,(H,28,29)/t16-,17+/m1/s1. The Balaban J connectivity index is 1.42. The third kappa shape index (κ3) is 4.08. The van der Waals surface area contributed by atoms with Crippen molar-refractivity contribution >= 4 is 22.7 Å². The highest BCUT2D eigenvalue weighted by Crippen LogP contribution is 2.43. The summed E-state index contributed by atoms with van der Waals surface area (Å²) in [4.78, 5) is 22.2. The Kier molecular flexibility index (Phi) is 5.15. The number of rotatable bonds is 3. The molecule has 172 valence electrons. The number of halogens is 1. The Morgan fingerprint density at radius 3 is 2.73 bits per heavy atom.